The van der Waals surface area contributed by atoms with Crippen molar-refractivity contribution in [3.05, 3.63) is 35.6 Å². The van der Waals surface area contributed by atoms with Crippen molar-refractivity contribution in [3.63, 3.8) is 0 Å². The Kier molecular flexibility index (Phi) is 5.99. The number of halogens is 1. The molecule has 3 heteroatoms. The number of aryl methyl sites for hydroxylation is 1. The summed E-state index contributed by atoms with van der Waals surface area (Å²) in [6.45, 7) is 3.12. The average Bonchev–Trinajstić information content (AvgIpc) is 2.44. The largest absolute Gasteiger partial charge is 0.393 e. The van der Waals surface area contributed by atoms with Gasteiger partial charge in [-0.1, -0.05) is 24.6 Å². The second-order valence-electron chi connectivity index (χ2n) is 6.13. The highest BCUT2D eigenvalue weighted by atomic mass is 19.1. The molecule has 1 aromatic carbocycles. The van der Waals surface area contributed by atoms with Crippen LogP contribution in [-0.2, 0) is 6.42 Å². The normalized spacial score (nSPS) is 24.6. The molecule has 0 aromatic heterocycles. The highest BCUT2D eigenvalue weighted by Gasteiger charge is 2.20. The van der Waals surface area contributed by atoms with E-state index in [-0.39, 0.29) is 11.9 Å². The zero-order valence-corrected chi connectivity index (χ0v) is 12.3. The highest BCUT2D eigenvalue weighted by molar-refractivity contribution is 5.17. The van der Waals surface area contributed by atoms with Gasteiger partial charge in [0.05, 0.1) is 6.10 Å². The van der Waals surface area contributed by atoms with Gasteiger partial charge in [0, 0.05) is 6.04 Å². The number of aliphatic hydroxyl groups excluding tert-OH is 1. The summed E-state index contributed by atoms with van der Waals surface area (Å²) in [5.41, 5.74) is 0.800. The molecular weight excluding hydrogens is 253 g/mol. The van der Waals surface area contributed by atoms with Crippen LogP contribution in [0.25, 0.3) is 0 Å². The number of hydrogen-bond donors (Lipinski definition) is 2. The summed E-state index contributed by atoms with van der Waals surface area (Å²) in [6.07, 6.45) is 5.84. The summed E-state index contributed by atoms with van der Waals surface area (Å²) in [5.74, 6) is 0.491. The number of hydrogen-bond acceptors (Lipinski definition) is 2. The summed E-state index contributed by atoms with van der Waals surface area (Å²) in [5, 5.41) is 13.2. The van der Waals surface area contributed by atoms with Gasteiger partial charge >= 0.3 is 0 Å². The van der Waals surface area contributed by atoms with Crippen LogP contribution in [-0.4, -0.2) is 23.8 Å². The van der Waals surface area contributed by atoms with Gasteiger partial charge in [-0.15, -0.1) is 0 Å². The Hall–Kier alpha value is -0.930. The van der Waals surface area contributed by atoms with Gasteiger partial charge in [-0.2, -0.15) is 0 Å². The van der Waals surface area contributed by atoms with Crippen molar-refractivity contribution in [2.24, 2.45) is 5.92 Å². The van der Waals surface area contributed by atoms with Crippen molar-refractivity contribution in [3.8, 4) is 0 Å². The van der Waals surface area contributed by atoms with E-state index in [1.54, 1.807) is 6.07 Å². The molecular formula is C17H26FNO. The minimum Gasteiger partial charge on any atom is -0.393 e. The van der Waals surface area contributed by atoms with E-state index in [0.717, 1.165) is 44.2 Å². The number of rotatable bonds is 6. The quantitative estimate of drug-likeness (QED) is 0.837. The Labute approximate surface area is 121 Å². The average molecular weight is 279 g/mol. The van der Waals surface area contributed by atoms with Crippen molar-refractivity contribution in [2.45, 2.75) is 57.6 Å². The van der Waals surface area contributed by atoms with E-state index in [4.69, 9.17) is 0 Å². The molecule has 0 heterocycles. The molecule has 2 N–H and O–H groups in total. The lowest BCUT2D eigenvalue weighted by molar-refractivity contribution is 0.0997. The topological polar surface area (TPSA) is 32.3 Å². The fourth-order valence-electron chi connectivity index (χ4n) is 2.99. The fourth-order valence-corrected chi connectivity index (χ4v) is 2.99. The predicted octanol–water partition coefficient (Wildman–Crippen LogP) is 3.29. The standard InChI is InChI=1S/C17H26FNO/c1-13(9-10-15-6-2-3-8-17(15)18)19-12-14-5-4-7-16(20)11-14/h2-3,6,8,13-14,16,19-20H,4-5,7,9-12H2,1H3/t13-,14+,16+/m1/s1. The first-order chi connectivity index (χ1) is 9.65. The van der Waals surface area contributed by atoms with Gasteiger partial charge in [0.1, 0.15) is 5.82 Å². The molecule has 2 nitrogen and oxygen atoms in total. The molecule has 1 aliphatic carbocycles. The molecule has 20 heavy (non-hydrogen) atoms. The Balaban J connectivity index is 1.68. The lowest BCUT2D eigenvalue weighted by Gasteiger charge is -2.27. The fraction of sp³-hybridized carbons (Fsp3) is 0.647. The van der Waals surface area contributed by atoms with Crippen molar-refractivity contribution < 1.29 is 9.50 Å². The van der Waals surface area contributed by atoms with Gasteiger partial charge in [-0.3, -0.25) is 0 Å². The van der Waals surface area contributed by atoms with Crippen molar-refractivity contribution in [1.29, 1.82) is 0 Å². The maximum Gasteiger partial charge on any atom is 0.126 e. The van der Waals surface area contributed by atoms with E-state index in [1.807, 2.05) is 12.1 Å². The van der Waals surface area contributed by atoms with E-state index in [0.29, 0.717) is 12.0 Å². The SMILES string of the molecule is C[C@H](CCc1ccccc1F)NC[C@H]1CCC[C@H](O)C1. The van der Waals surface area contributed by atoms with Gasteiger partial charge in [-0.05, 0) is 63.1 Å². The maximum absolute atomic E-state index is 13.5. The third kappa shape index (κ3) is 4.88. The molecule has 1 aliphatic rings. The number of nitrogens with one attached hydrogen (secondary N) is 1. The molecule has 1 aromatic rings. The summed E-state index contributed by atoms with van der Waals surface area (Å²) in [7, 11) is 0. The van der Waals surface area contributed by atoms with E-state index in [1.165, 1.54) is 12.5 Å². The summed E-state index contributed by atoms with van der Waals surface area (Å²) >= 11 is 0. The monoisotopic (exact) mass is 279 g/mol. The van der Waals surface area contributed by atoms with Crippen LogP contribution >= 0.6 is 0 Å². The van der Waals surface area contributed by atoms with Crippen LogP contribution in [0.2, 0.25) is 0 Å². The lowest BCUT2D eigenvalue weighted by atomic mass is 9.87. The van der Waals surface area contributed by atoms with Crippen LogP contribution in [0, 0.1) is 11.7 Å². The molecule has 0 saturated heterocycles. The zero-order chi connectivity index (χ0) is 14.4. The minimum atomic E-state index is -0.107. The summed E-state index contributed by atoms with van der Waals surface area (Å²) < 4.78 is 13.5. The van der Waals surface area contributed by atoms with E-state index < -0.39 is 0 Å². The Morgan fingerprint density at radius 1 is 1.35 bits per heavy atom. The smallest absolute Gasteiger partial charge is 0.126 e. The molecule has 1 fully saturated rings. The first-order valence-electron chi connectivity index (χ1n) is 7.80. The second-order valence-corrected chi connectivity index (χ2v) is 6.13. The molecule has 0 amide bonds. The predicted molar refractivity (Wildman–Crippen MR) is 80.2 cm³/mol. The van der Waals surface area contributed by atoms with E-state index >= 15 is 0 Å². The van der Waals surface area contributed by atoms with Crippen molar-refractivity contribution in [1.82, 2.24) is 5.32 Å². The molecule has 0 aliphatic heterocycles. The molecule has 0 bridgehead atoms. The third-order valence-corrected chi connectivity index (χ3v) is 4.31. The first kappa shape index (κ1) is 15.5. The van der Waals surface area contributed by atoms with Crippen LogP contribution in [0.15, 0.2) is 24.3 Å². The molecule has 112 valence electrons. The van der Waals surface area contributed by atoms with Crippen LogP contribution in [0.3, 0.4) is 0 Å². The Bertz CT molecular complexity index is 410. The maximum atomic E-state index is 13.5. The first-order valence-corrected chi connectivity index (χ1v) is 7.80. The van der Waals surface area contributed by atoms with Crippen molar-refractivity contribution in [2.75, 3.05) is 6.54 Å². The highest BCUT2D eigenvalue weighted by Crippen LogP contribution is 2.23. The van der Waals surface area contributed by atoms with Gasteiger partial charge < -0.3 is 10.4 Å². The van der Waals surface area contributed by atoms with Crippen LogP contribution in [0.1, 0.15) is 44.6 Å². The van der Waals surface area contributed by atoms with E-state index in [2.05, 4.69) is 12.2 Å². The minimum absolute atomic E-state index is 0.102. The second kappa shape index (κ2) is 7.75. The molecule has 0 radical (unpaired) electrons. The van der Waals surface area contributed by atoms with E-state index in [9.17, 15) is 9.50 Å². The molecule has 0 spiro atoms. The molecule has 2 rings (SSSR count). The number of aliphatic hydroxyl groups is 1. The van der Waals surface area contributed by atoms with Crippen LogP contribution < -0.4 is 5.32 Å². The van der Waals surface area contributed by atoms with Crippen LogP contribution in [0.5, 0.6) is 0 Å². The molecule has 3 atom stereocenters. The summed E-state index contributed by atoms with van der Waals surface area (Å²) in [4.78, 5) is 0. The Morgan fingerprint density at radius 2 is 2.15 bits per heavy atom. The van der Waals surface area contributed by atoms with Crippen molar-refractivity contribution >= 4 is 0 Å². The van der Waals surface area contributed by atoms with Gasteiger partial charge in [-0.25, -0.2) is 4.39 Å². The Morgan fingerprint density at radius 3 is 2.90 bits per heavy atom. The summed E-state index contributed by atoms with van der Waals surface area (Å²) in [6, 6.07) is 7.39. The van der Waals surface area contributed by atoms with Crippen LogP contribution in [0.4, 0.5) is 4.39 Å². The third-order valence-electron chi connectivity index (χ3n) is 4.31. The molecule has 0 unspecified atom stereocenters. The van der Waals surface area contributed by atoms with Gasteiger partial charge in [0.15, 0.2) is 0 Å². The zero-order valence-electron chi connectivity index (χ0n) is 12.3. The number of benzene rings is 1. The lowest BCUT2D eigenvalue weighted by Crippen LogP contribution is -2.34. The van der Waals surface area contributed by atoms with Gasteiger partial charge in [0.2, 0.25) is 0 Å². The van der Waals surface area contributed by atoms with Gasteiger partial charge in [0.25, 0.3) is 0 Å². The molecule has 1 saturated carbocycles.